The molecule has 4 heteroatoms. The van der Waals surface area contributed by atoms with E-state index >= 15 is 0 Å². The molecular formula is C15H14FN3. The van der Waals surface area contributed by atoms with Gasteiger partial charge in [-0.25, -0.2) is 4.39 Å². The van der Waals surface area contributed by atoms with E-state index in [-0.39, 0.29) is 11.9 Å². The maximum absolute atomic E-state index is 13.2. The van der Waals surface area contributed by atoms with Crippen molar-refractivity contribution in [1.29, 1.82) is 0 Å². The van der Waals surface area contributed by atoms with Crippen LogP contribution >= 0.6 is 0 Å². The molecule has 1 heterocycles. The summed E-state index contributed by atoms with van der Waals surface area (Å²) in [7, 11) is 0. The second-order valence-corrected chi connectivity index (χ2v) is 4.56. The molecule has 2 aromatic carbocycles. The molecule has 0 aliphatic carbocycles. The predicted molar refractivity (Wildman–Crippen MR) is 74.5 cm³/mol. The Morgan fingerprint density at radius 3 is 2.89 bits per heavy atom. The van der Waals surface area contributed by atoms with Crippen molar-refractivity contribution < 1.29 is 4.39 Å². The van der Waals surface area contributed by atoms with Gasteiger partial charge in [0.15, 0.2) is 0 Å². The highest BCUT2D eigenvalue weighted by atomic mass is 19.1. The summed E-state index contributed by atoms with van der Waals surface area (Å²) in [6.45, 7) is 2.01. The van der Waals surface area contributed by atoms with Crippen molar-refractivity contribution in [3.05, 3.63) is 60.0 Å². The van der Waals surface area contributed by atoms with Crippen LogP contribution in [0.25, 0.3) is 10.9 Å². The number of benzene rings is 2. The average molecular weight is 255 g/mol. The summed E-state index contributed by atoms with van der Waals surface area (Å²) in [5.74, 6) is -0.215. The van der Waals surface area contributed by atoms with E-state index in [4.69, 9.17) is 0 Å². The first-order valence-electron chi connectivity index (χ1n) is 6.18. The van der Waals surface area contributed by atoms with Gasteiger partial charge < -0.3 is 5.32 Å². The Labute approximate surface area is 110 Å². The van der Waals surface area contributed by atoms with Gasteiger partial charge in [0.05, 0.1) is 11.7 Å². The quantitative estimate of drug-likeness (QED) is 0.745. The molecule has 0 aliphatic rings. The molecule has 0 fully saturated rings. The van der Waals surface area contributed by atoms with Crippen LogP contribution in [0.15, 0.2) is 48.7 Å². The summed E-state index contributed by atoms with van der Waals surface area (Å²) in [6, 6.07) is 12.6. The lowest BCUT2D eigenvalue weighted by Gasteiger charge is -2.16. The molecule has 2 N–H and O–H groups in total. The normalized spacial score (nSPS) is 12.5. The molecule has 3 rings (SSSR count). The van der Waals surface area contributed by atoms with Crippen molar-refractivity contribution in [3.8, 4) is 0 Å². The minimum atomic E-state index is -0.215. The Bertz CT molecular complexity index is 705. The van der Waals surface area contributed by atoms with Crippen LogP contribution < -0.4 is 5.32 Å². The maximum atomic E-state index is 13.2. The largest absolute Gasteiger partial charge is 0.378 e. The second kappa shape index (κ2) is 4.72. The van der Waals surface area contributed by atoms with Crippen LogP contribution in [0, 0.1) is 5.82 Å². The molecule has 96 valence electrons. The number of nitrogens with zero attached hydrogens (tertiary/aromatic N) is 1. The SMILES string of the molecule is CC(Nc1cccc2[nH]ncc12)c1cccc(F)c1. The minimum absolute atomic E-state index is 0.0243. The number of halogens is 1. The highest BCUT2D eigenvalue weighted by Crippen LogP contribution is 2.25. The van der Waals surface area contributed by atoms with Crippen molar-refractivity contribution in [1.82, 2.24) is 10.2 Å². The zero-order chi connectivity index (χ0) is 13.2. The minimum Gasteiger partial charge on any atom is -0.378 e. The van der Waals surface area contributed by atoms with Gasteiger partial charge in [-0.15, -0.1) is 0 Å². The second-order valence-electron chi connectivity index (χ2n) is 4.56. The molecule has 3 nitrogen and oxygen atoms in total. The number of aromatic amines is 1. The van der Waals surface area contributed by atoms with E-state index in [0.29, 0.717) is 0 Å². The molecule has 0 saturated carbocycles. The summed E-state index contributed by atoms with van der Waals surface area (Å²) in [6.07, 6.45) is 1.79. The number of aromatic nitrogens is 2. The molecule has 1 aromatic heterocycles. The highest BCUT2D eigenvalue weighted by molar-refractivity contribution is 5.90. The number of fused-ring (bicyclic) bond motifs is 1. The number of hydrogen-bond acceptors (Lipinski definition) is 2. The summed E-state index contributed by atoms with van der Waals surface area (Å²) in [5.41, 5.74) is 2.89. The summed E-state index contributed by atoms with van der Waals surface area (Å²) < 4.78 is 13.2. The molecule has 3 aromatic rings. The third-order valence-electron chi connectivity index (χ3n) is 3.21. The zero-order valence-corrected chi connectivity index (χ0v) is 10.5. The summed E-state index contributed by atoms with van der Waals surface area (Å²) >= 11 is 0. The monoisotopic (exact) mass is 255 g/mol. The molecule has 0 aliphatic heterocycles. The first-order valence-corrected chi connectivity index (χ1v) is 6.18. The Hall–Kier alpha value is -2.36. The van der Waals surface area contributed by atoms with Crippen molar-refractivity contribution in [3.63, 3.8) is 0 Å². The first kappa shape index (κ1) is 11.7. The van der Waals surface area contributed by atoms with Crippen molar-refractivity contribution in [2.75, 3.05) is 5.32 Å². The molecule has 0 spiro atoms. The molecule has 0 bridgehead atoms. The Morgan fingerprint density at radius 1 is 1.21 bits per heavy atom. The topological polar surface area (TPSA) is 40.7 Å². The van der Waals surface area contributed by atoms with Gasteiger partial charge in [-0.05, 0) is 36.8 Å². The number of rotatable bonds is 3. The van der Waals surface area contributed by atoms with E-state index in [1.807, 2.05) is 31.2 Å². The molecule has 0 saturated heterocycles. The molecule has 0 amide bonds. The van der Waals surface area contributed by atoms with Gasteiger partial charge in [0.25, 0.3) is 0 Å². The lowest BCUT2D eigenvalue weighted by atomic mass is 10.1. The molecule has 1 atom stereocenters. The molecule has 1 unspecified atom stereocenters. The van der Waals surface area contributed by atoms with Gasteiger partial charge >= 0.3 is 0 Å². The van der Waals surface area contributed by atoms with Crippen LogP contribution in [0.1, 0.15) is 18.5 Å². The highest BCUT2D eigenvalue weighted by Gasteiger charge is 2.08. The van der Waals surface area contributed by atoms with Crippen LogP contribution in [0.5, 0.6) is 0 Å². The van der Waals surface area contributed by atoms with Crippen LogP contribution in [-0.4, -0.2) is 10.2 Å². The fourth-order valence-corrected chi connectivity index (χ4v) is 2.19. The Balaban J connectivity index is 1.90. The lowest BCUT2D eigenvalue weighted by Crippen LogP contribution is -2.06. The van der Waals surface area contributed by atoms with Gasteiger partial charge in [-0.2, -0.15) is 5.10 Å². The van der Waals surface area contributed by atoms with Gasteiger partial charge in [0, 0.05) is 17.1 Å². The van der Waals surface area contributed by atoms with Crippen molar-refractivity contribution in [2.24, 2.45) is 0 Å². The van der Waals surface area contributed by atoms with E-state index in [9.17, 15) is 4.39 Å². The zero-order valence-electron chi connectivity index (χ0n) is 10.5. The Kier molecular flexibility index (Phi) is 2.91. The fraction of sp³-hybridized carbons (Fsp3) is 0.133. The molecule has 19 heavy (non-hydrogen) atoms. The van der Waals surface area contributed by atoms with Gasteiger partial charge in [-0.1, -0.05) is 18.2 Å². The van der Waals surface area contributed by atoms with Crippen LogP contribution in [-0.2, 0) is 0 Å². The average Bonchev–Trinajstić information content (AvgIpc) is 2.88. The third kappa shape index (κ3) is 2.29. The lowest BCUT2D eigenvalue weighted by molar-refractivity contribution is 0.623. The van der Waals surface area contributed by atoms with Gasteiger partial charge in [-0.3, -0.25) is 5.10 Å². The van der Waals surface area contributed by atoms with Crippen molar-refractivity contribution in [2.45, 2.75) is 13.0 Å². The summed E-state index contributed by atoms with van der Waals surface area (Å²) in [5, 5.41) is 11.4. The van der Waals surface area contributed by atoms with E-state index in [1.54, 1.807) is 18.3 Å². The van der Waals surface area contributed by atoms with Crippen molar-refractivity contribution >= 4 is 16.6 Å². The number of anilines is 1. The van der Waals surface area contributed by atoms with E-state index in [2.05, 4.69) is 15.5 Å². The van der Waals surface area contributed by atoms with Crippen LogP contribution in [0.3, 0.4) is 0 Å². The summed E-state index contributed by atoms with van der Waals surface area (Å²) in [4.78, 5) is 0. The van der Waals surface area contributed by atoms with Crippen LogP contribution in [0.2, 0.25) is 0 Å². The van der Waals surface area contributed by atoms with E-state index in [1.165, 1.54) is 6.07 Å². The molecular weight excluding hydrogens is 241 g/mol. The standard InChI is InChI=1S/C15H14FN3/c1-10(11-4-2-5-12(16)8-11)18-14-6-3-7-15-13(14)9-17-19-15/h2-10,18H,1H3,(H,17,19). The van der Waals surface area contributed by atoms with Crippen LogP contribution in [0.4, 0.5) is 10.1 Å². The molecule has 0 radical (unpaired) electrons. The van der Waals surface area contributed by atoms with Gasteiger partial charge in [0.2, 0.25) is 0 Å². The first-order chi connectivity index (χ1) is 9.24. The maximum Gasteiger partial charge on any atom is 0.123 e. The van der Waals surface area contributed by atoms with E-state index < -0.39 is 0 Å². The smallest absolute Gasteiger partial charge is 0.123 e. The predicted octanol–water partition coefficient (Wildman–Crippen LogP) is 3.88. The van der Waals surface area contributed by atoms with E-state index in [0.717, 1.165) is 22.2 Å². The fourth-order valence-electron chi connectivity index (χ4n) is 2.19. The number of nitrogens with one attached hydrogen (secondary N) is 2. The third-order valence-corrected chi connectivity index (χ3v) is 3.21. The number of H-pyrrole nitrogens is 1. The van der Waals surface area contributed by atoms with Gasteiger partial charge in [0.1, 0.15) is 5.82 Å². The number of hydrogen-bond donors (Lipinski definition) is 2. The Morgan fingerprint density at radius 2 is 2.05 bits per heavy atom.